The molecule has 3 rings (SSSR count). The molecule has 192 valence electrons. The van der Waals surface area contributed by atoms with Gasteiger partial charge in [0.15, 0.2) is 11.6 Å². The molecule has 0 atom stereocenters. The van der Waals surface area contributed by atoms with Gasteiger partial charge in [0.2, 0.25) is 0 Å². The van der Waals surface area contributed by atoms with Crippen molar-refractivity contribution in [1.82, 2.24) is 10.6 Å². The monoisotopic (exact) mass is 505 g/mol. The normalized spacial score (nSPS) is 14.6. The van der Waals surface area contributed by atoms with Crippen molar-refractivity contribution in [3.63, 3.8) is 0 Å². The van der Waals surface area contributed by atoms with Crippen LogP contribution in [0.15, 0.2) is 41.7 Å². The Labute approximate surface area is 205 Å². The molecule has 1 heterocycles. The van der Waals surface area contributed by atoms with Crippen LogP contribution in [0.5, 0.6) is 5.75 Å². The molecule has 36 heavy (non-hydrogen) atoms. The van der Waals surface area contributed by atoms with E-state index in [-0.39, 0.29) is 28.7 Å². The Balaban J connectivity index is 1.80. The van der Waals surface area contributed by atoms with E-state index < -0.39 is 52.7 Å². The number of carbonyl (C=O) groups excluding carboxylic acids is 2. The van der Waals surface area contributed by atoms with Gasteiger partial charge in [0.05, 0.1) is 18.4 Å². The molecule has 0 unspecified atom stereocenters. The summed E-state index contributed by atoms with van der Waals surface area (Å²) in [5.74, 6) is -5.42. The first kappa shape index (κ1) is 26.5. The Morgan fingerprint density at radius 2 is 1.78 bits per heavy atom. The van der Waals surface area contributed by atoms with Crippen LogP contribution in [0.1, 0.15) is 34.3 Å². The highest BCUT2D eigenvalue weighted by atomic mass is 19.2. The molecular weight excluding hydrogens is 479 g/mol. The van der Waals surface area contributed by atoms with Gasteiger partial charge in [-0.1, -0.05) is 6.07 Å². The van der Waals surface area contributed by atoms with Crippen molar-refractivity contribution < 1.29 is 32.2 Å². The van der Waals surface area contributed by atoms with Gasteiger partial charge in [0.25, 0.3) is 11.8 Å². The van der Waals surface area contributed by atoms with Crippen LogP contribution in [0.2, 0.25) is 0 Å². The summed E-state index contributed by atoms with van der Waals surface area (Å²) in [6.45, 7) is 0.525. The second kappa shape index (κ2) is 11.6. The van der Waals surface area contributed by atoms with Gasteiger partial charge < -0.3 is 31.6 Å². The number of primary amides is 1. The average Bonchev–Trinajstić information content (AvgIpc) is 2.85. The lowest BCUT2D eigenvalue weighted by Gasteiger charge is -2.25. The van der Waals surface area contributed by atoms with E-state index in [9.17, 15) is 22.8 Å². The summed E-state index contributed by atoms with van der Waals surface area (Å²) in [6, 6.07) is 5.41. The predicted octanol–water partition coefficient (Wildman–Crippen LogP) is 1.83. The van der Waals surface area contributed by atoms with E-state index in [0.717, 1.165) is 24.3 Å². The Kier molecular flexibility index (Phi) is 8.54. The topological polar surface area (TPSA) is 153 Å². The SMILES string of the molecule is COc1ccc(F)cc1C(=O)NCc1ccc(C(=N)/C(C(N)=O)=C(/N)NC2CCOCC2)c(F)c1F. The van der Waals surface area contributed by atoms with Gasteiger partial charge in [-0.25, -0.2) is 13.2 Å². The second-order valence-corrected chi connectivity index (χ2v) is 7.99. The number of benzene rings is 2. The number of nitrogens with two attached hydrogens (primary N) is 2. The lowest BCUT2D eigenvalue weighted by molar-refractivity contribution is -0.114. The number of ether oxygens (including phenoxy) is 2. The van der Waals surface area contributed by atoms with Crippen molar-refractivity contribution in [3.05, 3.63) is 75.9 Å². The summed E-state index contributed by atoms with van der Waals surface area (Å²) < 4.78 is 53.6. The smallest absolute Gasteiger partial charge is 0.255 e. The van der Waals surface area contributed by atoms with E-state index in [1.165, 1.54) is 13.2 Å². The maximum atomic E-state index is 14.9. The first-order chi connectivity index (χ1) is 17.1. The zero-order valence-corrected chi connectivity index (χ0v) is 19.4. The molecule has 1 saturated heterocycles. The largest absolute Gasteiger partial charge is 0.496 e. The number of halogens is 3. The lowest BCUT2D eigenvalue weighted by Crippen LogP contribution is -2.40. The van der Waals surface area contributed by atoms with Crippen molar-refractivity contribution in [2.45, 2.75) is 25.4 Å². The van der Waals surface area contributed by atoms with Crippen LogP contribution >= 0.6 is 0 Å². The molecule has 0 bridgehead atoms. The highest BCUT2D eigenvalue weighted by molar-refractivity contribution is 6.26. The van der Waals surface area contributed by atoms with E-state index in [4.69, 9.17) is 26.4 Å². The van der Waals surface area contributed by atoms with Gasteiger partial charge >= 0.3 is 0 Å². The predicted molar refractivity (Wildman–Crippen MR) is 125 cm³/mol. The van der Waals surface area contributed by atoms with E-state index in [1.807, 2.05) is 0 Å². The number of nitrogens with one attached hydrogen (secondary N) is 3. The van der Waals surface area contributed by atoms with Crippen LogP contribution in [0.25, 0.3) is 0 Å². The van der Waals surface area contributed by atoms with E-state index >= 15 is 0 Å². The molecular formula is C24H26F3N5O4. The third-order valence-electron chi connectivity index (χ3n) is 5.62. The molecule has 9 nitrogen and oxygen atoms in total. The third kappa shape index (κ3) is 5.95. The molecule has 0 saturated carbocycles. The number of hydrogen-bond acceptors (Lipinski definition) is 7. The maximum absolute atomic E-state index is 14.9. The van der Waals surface area contributed by atoms with Gasteiger partial charge in [-0.15, -0.1) is 0 Å². The Hall–Kier alpha value is -4.06. The van der Waals surface area contributed by atoms with E-state index in [2.05, 4.69) is 10.6 Å². The Bertz CT molecular complexity index is 1210. The minimum atomic E-state index is -1.42. The van der Waals surface area contributed by atoms with E-state index in [0.29, 0.717) is 26.1 Å². The third-order valence-corrected chi connectivity index (χ3v) is 5.62. The molecule has 1 fully saturated rings. The summed E-state index contributed by atoms with van der Waals surface area (Å²) in [5, 5.41) is 13.6. The van der Waals surface area contributed by atoms with Gasteiger partial charge in [0.1, 0.15) is 23.0 Å². The second-order valence-electron chi connectivity index (χ2n) is 7.99. The summed E-state index contributed by atoms with van der Waals surface area (Å²) in [5.41, 5.74) is 9.25. The number of carbonyl (C=O) groups is 2. The lowest BCUT2D eigenvalue weighted by atomic mass is 9.98. The van der Waals surface area contributed by atoms with Crippen molar-refractivity contribution in [2.75, 3.05) is 20.3 Å². The van der Waals surface area contributed by atoms with Crippen LogP contribution in [0, 0.1) is 22.9 Å². The summed E-state index contributed by atoms with van der Waals surface area (Å²) >= 11 is 0. The maximum Gasteiger partial charge on any atom is 0.255 e. The van der Waals surface area contributed by atoms with Crippen LogP contribution in [-0.2, 0) is 16.1 Å². The van der Waals surface area contributed by atoms with Crippen LogP contribution in [0.3, 0.4) is 0 Å². The fourth-order valence-electron chi connectivity index (χ4n) is 3.71. The molecule has 0 spiro atoms. The van der Waals surface area contributed by atoms with E-state index in [1.54, 1.807) is 0 Å². The highest BCUT2D eigenvalue weighted by Gasteiger charge is 2.25. The number of hydrogen-bond donors (Lipinski definition) is 5. The zero-order valence-electron chi connectivity index (χ0n) is 19.4. The minimum absolute atomic E-state index is 0.0991. The highest BCUT2D eigenvalue weighted by Crippen LogP contribution is 2.22. The molecule has 2 amide bonds. The van der Waals surface area contributed by atoms with Gasteiger partial charge in [-0.2, -0.15) is 0 Å². The van der Waals surface area contributed by atoms with Crippen LogP contribution < -0.4 is 26.8 Å². The minimum Gasteiger partial charge on any atom is -0.496 e. The molecule has 2 aromatic rings. The molecule has 0 aromatic heterocycles. The molecule has 0 radical (unpaired) electrons. The van der Waals surface area contributed by atoms with Crippen molar-refractivity contribution in [3.8, 4) is 5.75 Å². The van der Waals surface area contributed by atoms with Crippen molar-refractivity contribution >= 4 is 17.5 Å². The van der Waals surface area contributed by atoms with Crippen molar-refractivity contribution in [2.24, 2.45) is 11.5 Å². The quantitative estimate of drug-likeness (QED) is 0.259. The Morgan fingerprint density at radius 1 is 1.08 bits per heavy atom. The first-order valence-electron chi connectivity index (χ1n) is 11.0. The summed E-state index contributed by atoms with van der Waals surface area (Å²) in [4.78, 5) is 24.5. The van der Waals surface area contributed by atoms with Crippen LogP contribution in [-0.4, -0.2) is 43.9 Å². The van der Waals surface area contributed by atoms with Gasteiger partial charge in [0, 0.05) is 36.9 Å². The van der Waals surface area contributed by atoms with Gasteiger partial charge in [-0.05, 0) is 37.1 Å². The molecule has 12 heteroatoms. The molecule has 1 aliphatic rings. The fourth-order valence-corrected chi connectivity index (χ4v) is 3.71. The standard InChI is InChI=1S/C24H26F3N5O4/c1-35-17-5-3-13(25)10-16(17)24(34)31-11-12-2-4-15(20(27)19(12)26)21(28)18(23(30)33)22(29)32-14-6-8-36-9-7-14/h2-5,10,14,28,32H,6-9,11,29H2,1H3,(H2,30,33)(H,31,34)/b22-18+,28-21?. The van der Waals surface area contributed by atoms with Crippen molar-refractivity contribution in [1.29, 1.82) is 5.41 Å². The Morgan fingerprint density at radius 3 is 2.42 bits per heavy atom. The summed E-state index contributed by atoms with van der Waals surface area (Å²) in [6.07, 6.45) is 1.20. The average molecular weight is 505 g/mol. The number of amides is 2. The first-order valence-corrected chi connectivity index (χ1v) is 11.0. The fraction of sp³-hybridized carbons (Fsp3) is 0.292. The molecule has 1 aliphatic heterocycles. The summed E-state index contributed by atoms with van der Waals surface area (Å²) in [7, 11) is 1.30. The molecule has 7 N–H and O–H groups in total. The van der Waals surface area contributed by atoms with Gasteiger partial charge in [-0.3, -0.25) is 15.0 Å². The van der Waals surface area contributed by atoms with Crippen LogP contribution in [0.4, 0.5) is 13.2 Å². The molecule has 0 aliphatic carbocycles. The number of methoxy groups -OCH3 is 1. The molecule has 2 aromatic carbocycles. The number of rotatable bonds is 9. The zero-order chi connectivity index (χ0) is 26.4.